The Hall–Kier alpha value is -1.11. The molecule has 1 aromatic rings. The van der Waals surface area contributed by atoms with E-state index in [9.17, 15) is 8.78 Å². The lowest BCUT2D eigenvalue weighted by atomic mass is 10.0. The van der Waals surface area contributed by atoms with E-state index in [0.29, 0.717) is 45.0 Å². The van der Waals surface area contributed by atoms with Crippen LogP contribution in [0.4, 0.5) is 8.78 Å². The first-order valence-corrected chi connectivity index (χ1v) is 6.41. The predicted octanol–water partition coefficient (Wildman–Crippen LogP) is 1.35. The zero-order valence-corrected chi connectivity index (χ0v) is 10.6. The van der Waals surface area contributed by atoms with E-state index >= 15 is 0 Å². The highest BCUT2D eigenvalue weighted by atomic mass is 19.2. The quantitative estimate of drug-likeness (QED) is 0.760. The summed E-state index contributed by atoms with van der Waals surface area (Å²) in [4.78, 5) is 5.38. The molecule has 2 fully saturated rings. The van der Waals surface area contributed by atoms with Crippen molar-refractivity contribution in [3.63, 3.8) is 0 Å². The SMILES string of the molecule is Fc1nccc(CN2CCOC3(CCOC3)C2)c1F. The molecule has 104 valence electrons. The Bertz CT molecular complexity index is 464. The van der Waals surface area contributed by atoms with Crippen LogP contribution in [0.3, 0.4) is 0 Å². The van der Waals surface area contributed by atoms with E-state index in [1.165, 1.54) is 12.3 Å². The molecule has 3 rings (SSSR count). The number of aromatic nitrogens is 1. The molecule has 0 aliphatic carbocycles. The van der Waals surface area contributed by atoms with Gasteiger partial charge in [-0.1, -0.05) is 0 Å². The molecule has 2 aliphatic heterocycles. The lowest BCUT2D eigenvalue weighted by molar-refractivity contribution is -0.111. The first-order valence-electron chi connectivity index (χ1n) is 6.41. The van der Waals surface area contributed by atoms with Crippen molar-refractivity contribution in [3.05, 3.63) is 29.6 Å². The summed E-state index contributed by atoms with van der Waals surface area (Å²) in [7, 11) is 0. The molecule has 0 saturated carbocycles. The Morgan fingerprint density at radius 1 is 1.37 bits per heavy atom. The maximum Gasteiger partial charge on any atom is 0.249 e. The molecule has 1 atom stereocenters. The van der Waals surface area contributed by atoms with Crippen molar-refractivity contribution < 1.29 is 18.3 Å². The van der Waals surface area contributed by atoms with Crippen molar-refractivity contribution in [2.75, 3.05) is 32.9 Å². The average Bonchev–Trinajstić information content (AvgIpc) is 2.83. The predicted molar refractivity (Wildman–Crippen MR) is 63.5 cm³/mol. The summed E-state index contributed by atoms with van der Waals surface area (Å²) in [6, 6.07) is 1.52. The molecule has 1 unspecified atom stereocenters. The van der Waals surface area contributed by atoms with Gasteiger partial charge in [-0.2, -0.15) is 4.39 Å². The second-order valence-corrected chi connectivity index (χ2v) is 5.12. The minimum Gasteiger partial charge on any atom is -0.378 e. The molecule has 4 nitrogen and oxygen atoms in total. The van der Waals surface area contributed by atoms with Crippen LogP contribution >= 0.6 is 0 Å². The minimum absolute atomic E-state index is 0.264. The summed E-state index contributed by atoms with van der Waals surface area (Å²) in [5, 5.41) is 0. The van der Waals surface area contributed by atoms with Crippen LogP contribution in [-0.2, 0) is 16.0 Å². The molecule has 0 aromatic carbocycles. The van der Waals surface area contributed by atoms with Crippen LogP contribution in [0.5, 0.6) is 0 Å². The first-order chi connectivity index (χ1) is 9.19. The highest BCUT2D eigenvalue weighted by Gasteiger charge is 2.40. The van der Waals surface area contributed by atoms with Crippen molar-refractivity contribution in [3.8, 4) is 0 Å². The van der Waals surface area contributed by atoms with Crippen molar-refractivity contribution in [1.29, 1.82) is 0 Å². The standard InChI is InChI=1S/C13H16F2N2O2/c14-11-10(1-3-16-12(11)15)7-17-4-6-19-13(8-17)2-5-18-9-13/h1,3H,2,4-9H2. The maximum absolute atomic E-state index is 13.6. The van der Waals surface area contributed by atoms with Gasteiger partial charge >= 0.3 is 0 Å². The molecule has 2 aliphatic rings. The van der Waals surface area contributed by atoms with Gasteiger partial charge in [0.15, 0.2) is 5.82 Å². The second kappa shape index (κ2) is 5.11. The molecule has 0 N–H and O–H groups in total. The molecular formula is C13H16F2N2O2. The van der Waals surface area contributed by atoms with Crippen LogP contribution in [0, 0.1) is 11.8 Å². The van der Waals surface area contributed by atoms with Gasteiger partial charge in [0.1, 0.15) is 5.60 Å². The molecule has 1 aromatic heterocycles. The molecule has 19 heavy (non-hydrogen) atoms. The molecule has 2 saturated heterocycles. The third-order valence-corrected chi connectivity index (χ3v) is 3.72. The summed E-state index contributed by atoms with van der Waals surface area (Å²) < 4.78 is 37.9. The number of rotatable bonds is 2. The molecule has 3 heterocycles. The molecular weight excluding hydrogens is 254 g/mol. The summed E-state index contributed by atoms with van der Waals surface area (Å²) in [5.41, 5.74) is 0.0730. The van der Waals surface area contributed by atoms with E-state index in [-0.39, 0.29) is 5.60 Å². The number of hydrogen-bond donors (Lipinski definition) is 0. The van der Waals surface area contributed by atoms with E-state index in [0.717, 1.165) is 6.42 Å². The van der Waals surface area contributed by atoms with Crippen LogP contribution in [0.2, 0.25) is 0 Å². The zero-order valence-electron chi connectivity index (χ0n) is 10.6. The van der Waals surface area contributed by atoms with E-state index in [4.69, 9.17) is 9.47 Å². The number of nitrogens with zero attached hydrogens (tertiary/aromatic N) is 2. The highest BCUT2D eigenvalue weighted by molar-refractivity contribution is 5.14. The van der Waals surface area contributed by atoms with Gasteiger partial charge in [0.25, 0.3) is 0 Å². The van der Waals surface area contributed by atoms with Gasteiger partial charge in [-0.3, -0.25) is 4.90 Å². The van der Waals surface area contributed by atoms with Gasteiger partial charge in [0, 0.05) is 44.4 Å². The number of ether oxygens (including phenoxy) is 2. The molecule has 0 radical (unpaired) electrons. The van der Waals surface area contributed by atoms with Gasteiger partial charge in [0.05, 0.1) is 13.2 Å². The monoisotopic (exact) mass is 270 g/mol. The first kappa shape index (κ1) is 12.9. The van der Waals surface area contributed by atoms with Crippen LogP contribution < -0.4 is 0 Å². The zero-order chi connectivity index (χ0) is 13.3. The smallest absolute Gasteiger partial charge is 0.249 e. The molecule has 0 bridgehead atoms. The third kappa shape index (κ3) is 2.61. The van der Waals surface area contributed by atoms with Crippen LogP contribution in [-0.4, -0.2) is 48.4 Å². The molecule has 6 heteroatoms. The topological polar surface area (TPSA) is 34.6 Å². The normalized spacial score (nSPS) is 28.1. The third-order valence-electron chi connectivity index (χ3n) is 3.72. The number of halogens is 2. The van der Waals surface area contributed by atoms with E-state index in [1.54, 1.807) is 0 Å². The largest absolute Gasteiger partial charge is 0.378 e. The summed E-state index contributed by atoms with van der Waals surface area (Å²) in [6.45, 7) is 3.65. The van der Waals surface area contributed by atoms with E-state index < -0.39 is 11.8 Å². The van der Waals surface area contributed by atoms with Gasteiger partial charge in [-0.05, 0) is 6.07 Å². The Kier molecular flexibility index (Phi) is 3.47. The maximum atomic E-state index is 13.6. The fraction of sp³-hybridized carbons (Fsp3) is 0.615. The fourth-order valence-electron chi connectivity index (χ4n) is 2.70. The number of hydrogen-bond acceptors (Lipinski definition) is 4. The average molecular weight is 270 g/mol. The fourth-order valence-corrected chi connectivity index (χ4v) is 2.70. The van der Waals surface area contributed by atoms with Crippen molar-refractivity contribution in [1.82, 2.24) is 9.88 Å². The number of morpholine rings is 1. The van der Waals surface area contributed by atoms with Gasteiger partial charge in [-0.25, -0.2) is 9.37 Å². The Morgan fingerprint density at radius 2 is 2.26 bits per heavy atom. The summed E-state index contributed by atoms with van der Waals surface area (Å²) in [5.74, 6) is -1.89. The Morgan fingerprint density at radius 3 is 3.05 bits per heavy atom. The van der Waals surface area contributed by atoms with Gasteiger partial charge in [0.2, 0.25) is 5.95 Å². The van der Waals surface area contributed by atoms with Crippen molar-refractivity contribution in [2.45, 2.75) is 18.6 Å². The summed E-state index contributed by atoms with van der Waals surface area (Å²) >= 11 is 0. The second-order valence-electron chi connectivity index (χ2n) is 5.12. The molecule has 0 amide bonds. The van der Waals surface area contributed by atoms with E-state index in [1.807, 2.05) is 0 Å². The van der Waals surface area contributed by atoms with Crippen LogP contribution in [0.15, 0.2) is 12.3 Å². The number of pyridine rings is 1. The van der Waals surface area contributed by atoms with Crippen LogP contribution in [0.1, 0.15) is 12.0 Å². The molecule has 1 spiro atoms. The lowest BCUT2D eigenvalue weighted by Gasteiger charge is -2.39. The van der Waals surface area contributed by atoms with Gasteiger partial charge < -0.3 is 9.47 Å². The van der Waals surface area contributed by atoms with Crippen molar-refractivity contribution >= 4 is 0 Å². The minimum atomic E-state index is -1.04. The van der Waals surface area contributed by atoms with Gasteiger partial charge in [-0.15, -0.1) is 0 Å². The summed E-state index contributed by atoms with van der Waals surface area (Å²) in [6.07, 6.45) is 2.15. The Labute approximate surface area is 110 Å². The lowest BCUT2D eigenvalue weighted by Crippen LogP contribution is -2.51. The van der Waals surface area contributed by atoms with E-state index in [2.05, 4.69) is 9.88 Å². The Balaban J connectivity index is 1.71. The highest BCUT2D eigenvalue weighted by Crippen LogP contribution is 2.28. The van der Waals surface area contributed by atoms with Crippen LogP contribution in [0.25, 0.3) is 0 Å². The van der Waals surface area contributed by atoms with Crippen molar-refractivity contribution in [2.24, 2.45) is 0 Å².